The molecule has 4 heterocycles. The summed E-state index contributed by atoms with van der Waals surface area (Å²) in [4.78, 5) is 7.04. The number of hydrogen-bond acceptors (Lipinski definition) is 6. The molecule has 2 fully saturated rings. The van der Waals surface area contributed by atoms with Crippen molar-refractivity contribution in [2.24, 2.45) is 0 Å². The van der Waals surface area contributed by atoms with Crippen molar-refractivity contribution in [3.8, 4) is 0 Å². The number of fused-ring (bicyclic) bond motifs is 1. The molecule has 124 valence electrons. The van der Waals surface area contributed by atoms with Crippen LogP contribution in [0.25, 0.3) is 0 Å². The molecular weight excluding hydrogens is 294 g/mol. The van der Waals surface area contributed by atoms with Crippen molar-refractivity contribution in [3.63, 3.8) is 0 Å². The Hall–Kier alpha value is -1.73. The van der Waals surface area contributed by atoms with Crippen molar-refractivity contribution in [3.05, 3.63) is 29.2 Å². The van der Waals surface area contributed by atoms with E-state index in [1.165, 1.54) is 19.3 Å². The van der Waals surface area contributed by atoms with Gasteiger partial charge in [0.1, 0.15) is 12.6 Å². The standard InChI is InChI=1S/C16H23N5O2/c1-11-7-12(2)21(18-11)9-15-17-16(19-23-15)14-8-20-6-4-3-5-13(20)10-22-14/h7,13-14H,3-6,8-10H2,1-2H3/t13-,14-/m0/s1. The number of aryl methyl sites for hydroxylation is 2. The Morgan fingerprint density at radius 1 is 1.30 bits per heavy atom. The number of ether oxygens (including phenoxy) is 1. The highest BCUT2D eigenvalue weighted by Crippen LogP contribution is 2.28. The van der Waals surface area contributed by atoms with Crippen molar-refractivity contribution >= 4 is 0 Å². The average molecular weight is 317 g/mol. The molecular formula is C16H23N5O2. The Kier molecular flexibility index (Phi) is 3.90. The first-order valence-corrected chi connectivity index (χ1v) is 8.38. The monoisotopic (exact) mass is 317 g/mol. The number of piperidine rings is 1. The highest BCUT2D eigenvalue weighted by Gasteiger charge is 2.33. The molecule has 2 saturated heterocycles. The number of aromatic nitrogens is 4. The van der Waals surface area contributed by atoms with E-state index in [0.717, 1.165) is 31.1 Å². The SMILES string of the molecule is Cc1cc(C)n(Cc2nc([C@@H]3CN4CCCC[C@H]4CO3)no2)n1. The number of rotatable bonds is 3. The second kappa shape index (κ2) is 6.05. The first-order chi connectivity index (χ1) is 11.2. The molecule has 7 nitrogen and oxygen atoms in total. The maximum absolute atomic E-state index is 5.98. The minimum atomic E-state index is -0.0812. The summed E-state index contributed by atoms with van der Waals surface area (Å²) >= 11 is 0. The van der Waals surface area contributed by atoms with Gasteiger partial charge in [-0.2, -0.15) is 10.1 Å². The molecule has 7 heteroatoms. The van der Waals surface area contributed by atoms with Gasteiger partial charge in [-0.05, 0) is 39.3 Å². The maximum atomic E-state index is 5.98. The average Bonchev–Trinajstić information content (AvgIpc) is 3.14. The first-order valence-electron chi connectivity index (χ1n) is 8.38. The maximum Gasteiger partial charge on any atom is 0.248 e. The van der Waals surface area contributed by atoms with E-state index in [2.05, 4.69) is 20.1 Å². The number of hydrogen-bond donors (Lipinski definition) is 0. The van der Waals surface area contributed by atoms with Crippen LogP contribution in [-0.4, -0.2) is 50.6 Å². The molecule has 0 spiro atoms. The van der Waals surface area contributed by atoms with E-state index in [-0.39, 0.29) is 6.10 Å². The van der Waals surface area contributed by atoms with Crippen LogP contribution >= 0.6 is 0 Å². The zero-order valence-corrected chi connectivity index (χ0v) is 13.7. The molecule has 0 aliphatic carbocycles. The zero-order valence-electron chi connectivity index (χ0n) is 13.7. The van der Waals surface area contributed by atoms with Crippen molar-refractivity contribution in [2.75, 3.05) is 19.7 Å². The normalized spacial score (nSPS) is 25.5. The molecule has 0 saturated carbocycles. The van der Waals surface area contributed by atoms with Crippen LogP contribution in [0.5, 0.6) is 0 Å². The van der Waals surface area contributed by atoms with E-state index < -0.39 is 0 Å². The van der Waals surface area contributed by atoms with Crippen LogP contribution in [0.4, 0.5) is 0 Å². The predicted molar refractivity (Wildman–Crippen MR) is 83.0 cm³/mol. The molecule has 0 N–H and O–H groups in total. The van der Waals surface area contributed by atoms with Gasteiger partial charge in [-0.1, -0.05) is 11.6 Å². The Labute approximate surface area is 135 Å². The van der Waals surface area contributed by atoms with Gasteiger partial charge in [-0.25, -0.2) is 0 Å². The Morgan fingerprint density at radius 3 is 3.04 bits per heavy atom. The summed E-state index contributed by atoms with van der Waals surface area (Å²) in [7, 11) is 0. The van der Waals surface area contributed by atoms with E-state index >= 15 is 0 Å². The summed E-state index contributed by atoms with van der Waals surface area (Å²) in [5.41, 5.74) is 2.08. The summed E-state index contributed by atoms with van der Waals surface area (Å²) in [6.45, 7) is 7.30. The third-order valence-electron chi connectivity index (χ3n) is 4.80. The molecule has 0 aromatic carbocycles. The summed E-state index contributed by atoms with van der Waals surface area (Å²) in [6.07, 6.45) is 3.74. The van der Waals surface area contributed by atoms with E-state index in [1.54, 1.807) is 0 Å². The highest BCUT2D eigenvalue weighted by atomic mass is 16.5. The topological polar surface area (TPSA) is 69.2 Å². The lowest BCUT2D eigenvalue weighted by Gasteiger charge is -2.41. The molecule has 2 atom stereocenters. The molecule has 23 heavy (non-hydrogen) atoms. The number of nitrogens with zero attached hydrogens (tertiary/aromatic N) is 5. The van der Waals surface area contributed by atoms with Crippen LogP contribution in [0.3, 0.4) is 0 Å². The van der Waals surface area contributed by atoms with E-state index in [9.17, 15) is 0 Å². The Balaban J connectivity index is 1.44. The van der Waals surface area contributed by atoms with Crippen LogP contribution in [0.2, 0.25) is 0 Å². The molecule has 0 radical (unpaired) electrons. The van der Waals surface area contributed by atoms with Crippen molar-refractivity contribution in [1.82, 2.24) is 24.8 Å². The smallest absolute Gasteiger partial charge is 0.248 e. The summed E-state index contributed by atoms with van der Waals surface area (Å²) < 4.78 is 13.3. The van der Waals surface area contributed by atoms with Gasteiger partial charge < -0.3 is 9.26 Å². The van der Waals surface area contributed by atoms with Gasteiger partial charge in [-0.15, -0.1) is 0 Å². The fourth-order valence-electron chi connectivity index (χ4n) is 3.56. The second-order valence-electron chi connectivity index (χ2n) is 6.60. The molecule has 4 rings (SSSR count). The van der Waals surface area contributed by atoms with E-state index in [4.69, 9.17) is 9.26 Å². The fraction of sp³-hybridized carbons (Fsp3) is 0.688. The lowest BCUT2D eigenvalue weighted by Crippen LogP contribution is -2.49. The van der Waals surface area contributed by atoms with Crippen LogP contribution in [-0.2, 0) is 11.3 Å². The van der Waals surface area contributed by atoms with Gasteiger partial charge in [0.25, 0.3) is 0 Å². The minimum Gasteiger partial charge on any atom is -0.367 e. The first kappa shape index (κ1) is 14.8. The molecule has 2 aliphatic heterocycles. The lowest BCUT2D eigenvalue weighted by molar-refractivity contribution is -0.0805. The third-order valence-corrected chi connectivity index (χ3v) is 4.80. The van der Waals surface area contributed by atoms with Gasteiger partial charge in [0.2, 0.25) is 11.7 Å². The largest absolute Gasteiger partial charge is 0.367 e. The Morgan fingerprint density at radius 2 is 2.22 bits per heavy atom. The van der Waals surface area contributed by atoms with E-state index in [1.807, 2.05) is 24.6 Å². The third kappa shape index (κ3) is 3.03. The van der Waals surface area contributed by atoms with Gasteiger partial charge in [0.15, 0.2) is 0 Å². The van der Waals surface area contributed by atoms with Gasteiger partial charge in [0.05, 0.1) is 12.3 Å². The molecule has 2 aliphatic rings. The van der Waals surface area contributed by atoms with Gasteiger partial charge in [-0.3, -0.25) is 9.58 Å². The fourth-order valence-corrected chi connectivity index (χ4v) is 3.56. The summed E-state index contributed by atoms with van der Waals surface area (Å²) in [5, 5.41) is 8.56. The Bertz CT molecular complexity index is 680. The summed E-state index contributed by atoms with van der Waals surface area (Å²) in [5.74, 6) is 1.24. The van der Waals surface area contributed by atoms with Gasteiger partial charge in [0, 0.05) is 18.3 Å². The minimum absolute atomic E-state index is 0.0812. The predicted octanol–water partition coefficient (Wildman–Crippen LogP) is 1.86. The van der Waals surface area contributed by atoms with Crippen LogP contribution in [0, 0.1) is 13.8 Å². The molecule has 2 aromatic heterocycles. The van der Waals surface area contributed by atoms with Crippen molar-refractivity contribution in [1.29, 1.82) is 0 Å². The van der Waals surface area contributed by atoms with Crippen LogP contribution < -0.4 is 0 Å². The van der Waals surface area contributed by atoms with Crippen molar-refractivity contribution < 1.29 is 9.26 Å². The second-order valence-corrected chi connectivity index (χ2v) is 6.60. The number of morpholine rings is 1. The van der Waals surface area contributed by atoms with Gasteiger partial charge >= 0.3 is 0 Å². The summed E-state index contributed by atoms with van der Waals surface area (Å²) in [6, 6.07) is 2.61. The lowest BCUT2D eigenvalue weighted by atomic mass is 10.0. The quantitative estimate of drug-likeness (QED) is 0.860. The van der Waals surface area contributed by atoms with Crippen LogP contribution in [0.1, 0.15) is 48.5 Å². The highest BCUT2D eigenvalue weighted by molar-refractivity contribution is 5.07. The molecule has 0 amide bonds. The zero-order chi connectivity index (χ0) is 15.8. The van der Waals surface area contributed by atoms with Crippen LogP contribution in [0.15, 0.2) is 10.6 Å². The molecule has 2 aromatic rings. The van der Waals surface area contributed by atoms with E-state index in [0.29, 0.717) is 24.3 Å². The molecule has 0 unspecified atom stereocenters. The molecule has 0 bridgehead atoms. The van der Waals surface area contributed by atoms with Crippen molar-refractivity contribution in [2.45, 2.75) is 51.8 Å².